The number of fused-ring (bicyclic) bond motifs is 1. The summed E-state index contributed by atoms with van der Waals surface area (Å²) in [6.45, 7) is 3.65. The van der Waals surface area contributed by atoms with Gasteiger partial charge in [-0.3, -0.25) is 10.1 Å². The van der Waals surface area contributed by atoms with E-state index >= 15 is 0 Å². The quantitative estimate of drug-likeness (QED) is 0.507. The SMILES string of the molecule is Cc1ccccc1-n1nnc(C(=O)Nc2nc3ccc(OC(F)(F)F)cc3s2)c1C. The number of alkyl halides is 3. The van der Waals surface area contributed by atoms with Crippen LogP contribution in [0.5, 0.6) is 5.75 Å². The molecule has 0 aliphatic rings. The first-order valence-corrected chi connectivity index (χ1v) is 9.49. The minimum Gasteiger partial charge on any atom is -0.406 e. The number of carbonyl (C=O) groups excluding carboxylic acids is 1. The fourth-order valence-corrected chi connectivity index (χ4v) is 3.77. The number of aryl methyl sites for hydroxylation is 1. The molecule has 0 spiro atoms. The molecule has 2 aromatic carbocycles. The van der Waals surface area contributed by atoms with Gasteiger partial charge in [-0.15, -0.1) is 18.3 Å². The van der Waals surface area contributed by atoms with Crippen LogP contribution in [0.15, 0.2) is 42.5 Å². The Kier molecular flexibility index (Phi) is 4.90. The van der Waals surface area contributed by atoms with E-state index in [2.05, 4.69) is 25.3 Å². The van der Waals surface area contributed by atoms with E-state index in [0.717, 1.165) is 22.6 Å². The summed E-state index contributed by atoms with van der Waals surface area (Å²) in [5, 5.41) is 10.9. The van der Waals surface area contributed by atoms with Gasteiger partial charge in [0.05, 0.1) is 21.6 Å². The number of rotatable bonds is 4. The molecule has 2 heterocycles. The Labute approximate surface area is 172 Å². The van der Waals surface area contributed by atoms with Crippen LogP contribution in [0.25, 0.3) is 15.9 Å². The second-order valence-electron chi connectivity index (χ2n) is 6.37. The molecule has 0 saturated heterocycles. The second-order valence-corrected chi connectivity index (χ2v) is 7.40. The van der Waals surface area contributed by atoms with E-state index in [4.69, 9.17) is 0 Å². The predicted molar refractivity (Wildman–Crippen MR) is 105 cm³/mol. The van der Waals surface area contributed by atoms with Crippen LogP contribution in [0, 0.1) is 13.8 Å². The molecular weight excluding hydrogens is 419 g/mol. The van der Waals surface area contributed by atoms with Crippen LogP contribution in [0.1, 0.15) is 21.7 Å². The summed E-state index contributed by atoms with van der Waals surface area (Å²) in [4.78, 5) is 16.9. The highest BCUT2D eigenvalue weighted by Crippen LogP contribution is 2.31. The number of thiazole rings is 1. The van der Waals surface area contributed by atoms with Crippen LogP contribution < -0.4 is 10.1 Å². The first kappa shape index (κ1) is 19.8. The molecule has 4 rings (SSSR count). The lowest BCUT2D eigenvalue weighted by atomic mass is 10.2. The number of hydrogen-bond donors (Lipinski definition) is 1. The molecule has 0 bridgehead atoms. The van der Waals surface area contributed by atoms with E-state index in [0.29, 0.717) is 15.9 Å². The van der Waals surface area contributed by atoms with Crippen molar-refractivity contribution >= 4 is 32.6 Å². The molecule has 0 saturated carbocycles. The van der Waals surface area contributed by atoms with Gasteiger partial charge in [-0.1, -0.05) is 34.7 Å². The predicted octanol–water partition coefficient (Wildman–Crippen LogP) is 4.64. The van der Waals surface area contributed by atoms with Crippen molar-refractivity contribution in [2.24, 2.45) is 0 Å². The van der Waals surface area contributed by atoms with E-state index in [1.54, 1.807) is 11.6 Å². The molecule has 11 heteroatoms. The summed E-state index contributed by atoms with van der Waals surface area (Å²) in [6.07, 6.45) is -4.78. The van der Waals surface area contributed by atoms with Crippen molar-refractivity contribution in [2.45, 2.75) is 20.2 Å². The van der Waals surface area contributed by atoms with Crippen molar-refractivity contribution in [3.05, 3.63) is 59.4 Å². The Bertz CT molecular complexity index is 1250. The topological polar surface area (TPSA) is 81.9 Å². The zero-order valence-electron chi connectivity index (χ0n) is 15.7. The minimum atomic E-state index is -4.78. The molecule has 0 aliphatic carbocycles. The van der Waals surface area contributed by atoms with Gasteiger partial charge in [0.15, 0.2) is 10.8 Å². The van der Waals surface area contributed by atoms with E-state index in [1.165, 1.54) is 18.2 Å². The Balaban J connectivity index is 1.57. The summed E-state index contributed by atoms with van der Waals surface area (Å²) in [5.41, 5.74) is 2.88. The Morgan fingerprint density at radius 2 is 1.93 bits per heavy atom. The maximum absolute atomic E-state index is 12.7. The monoisotopic (exact) mass is 433 g/mol. The Hall–Kier alpha value is -3.47. The summed E-state index contributed by atoms with van der Waals surface area (Å²) < 4.78 is 43.1. The number of carbonyl (C=O) groups is 1. The highest BCUT2D eigenvalue weighted by molar-refractivity contribution is 7.22. The number of aromatic nitrogens is 4. The number of nitrogens with zero attached hydrogens (tertiary/aromatic N) is 4. The molecule has 1 amide bonds. The fourth-order valence-electron chi connectivity index (χ4n) is 2.88. The van der Waals surface area contributed by atoms with Gasteiger partial charge in [-0.2, -0.15) is 0 Å². The second kappa shape index (κ2) is 7.41. The van der Waals surface area contributed by atoms with E-state index in [1.807, 2.05) is 31.2 Å². The summed E-state index contributed by atoms with van der Waals surface area (Å²) in [6, 6.07) is 11.3. The third-order valence-electron chi connectivity index (χ3n) is 4.27. The van der Waals surface area contributed by atoms with Gasteiger partial charge in [0.25, 0.3) is 5.91 Å². The van der Waals surface area contributed by atoms with Crippen LogP contribution in [-0.2, 0) is 0 Å². The molecule has 0 fully saturated rings. The first-order valence-electron chi connectivity index (χ1n) is 8.67. The average Bonchev–Trinajstić information content (AvgIpc) is 3.23. The smallest absolute Gasteiger partial charge is 0.406 e. The van der Waals surface area contributed by atoms with Crippen molar-refractivity contribution in [2.75, 3.05) is 5.32 Å². The standard InChI is InChI=1S/C19H14F3N5O2S/c1-10-5-3-4-6-14(10)27-11(2)16(25-26-27)17(28)24-18-23-13-8-7-12(9-15(13)30-18)29-19(20,21)22/h3-9H,1-2H3,(H,23,24,28). The van der Waals surface area contributed by atoms with E-state index < -0.39 is 12.3 Å². The lowest BCUT2D eigenvalue weighted by Crippen LogP contribution is -2.16. The van der Waals surface area contributed by atoms with Crippen molar-refractivity contribution in [3.8, 4) is 11.4 Å². The largest absolute Gasteiger partial charge is 0.573 e. The molecule has 154 valence electrons. The number of nitrogens with one attached hydrogen (secondary N) is 1. The maximum atomic E-state index is 12.7. The van der Waals surface area contributed by atoms with Crippen LogP contribution in [0.2, 0.25) is 0 Å². The van der Waals surface area contributed by atoms with Gasteiger partial charge in [-0.05, 0) is 37.6 Å². The highest BCUT2D eigenvalue weighted by Gasteiger charge is 2.31. The van der Waals surface area contributed by atoms with E-state index in [9.17, 15) is 18.0 Å². The van der Waals surface area contributed by atoms with Gasteiger partial charge in [-0.25, -0.2) is 9.67 Å². The third kappa shape index (κ3) is 3.96. The molecule has 0 atom stereocenters. The van der Waals surface area contributed by atoms with Crippen molar-refractivity contribution in [1.82, 2.24) is 20.0 Å². The summed E-state index contributed by atoms with van der Waals surface area (Å²) >= 11 is 1.03. The number of amides is 1. The number of para-hydroxylation sites is 1. The normalized spacial score (nSPS) is 11.6. The van der Waals surface area contributed by atoms with Crippen molar-refractivity contribution in [3.63, 3.8) is 0 Å². The fraction of sp³-hybridized carbons (Fsp3) is 0.158. The average molecular weight is 433 g/mol. The molecular formula is C19H14F3N5O2S. The Morgan fingerprint density at radius 1 is 1.17 bits per heavy atom. The maximum Gasteiger partial charge on any atom is 0.573 e. The molecule has 7 nitrogen and oxygen atoms in total. The number of halogens is 3. The Morgan fingerprint density at radius 3 is 2.67 bits per heavy atom. The van der Waals surface area contributed by atoms with Gasteiger partial charge >= 0.3 is 6.36 Å². The molecule has 2 aromatic heterocycles. The first-order chi connectivity index (χ1) is 14.2. The summed E-state index contributed by atoms with van der Waals surface area (Å²) in [5.74, 6) is -0.869. The van der Waals surface area contributed by atoms with Crippen LogP contribution in [0.3, 0.4) is 0 Å². The number of anilines is 1. The lowest BCUT2D eigenvalue weighted by Gasteiger charge is -2.07. The van der Waals surface area contributed by atoms with Gasteiger partial charge in [0.2, 0.25) is 0 Å². The van der Waals surface area contributed by atoms with Crippen LogP contribution >= 0.6 is 11.3 Å². The molecule has 0 unspecified atom stereocenters. The molecule has 30 heavy (non-hydrogen) atoms. The number of ether oxygens (including phenoxy) is 1. The van der Waals surface area contributed by atoms with Gasteiger partial charge in [0.1, 0.15) is 5.75 Å². The lowest BCUT2D eigenvalue weighted by molar-refractivity contribution is -0.274. The highest BCUT2D eigenvalue weighted by atomic mass is 32.1. The molecule has 0 radical (unpaired) electrons. The summed E-state index contributed by atoms with van der Waals surface area (Å²) in [7, 11) is 0. The van der Waals surface area contributed by atoms with E-state index in [-0.39, 0.29) is 16.6 Å². The van der Waals surface area contributed by atoms with Crippen LogP contribution in [0.4, 0.5) is 18.3 Å². The third-order valence-corrected chi connectivity index (χ3v) is 5.20. The molecule has 1 N–H and O–H groups in total. The van der Waals surface area contributed by atoms with Crippen molar-refractivity contribution in [1.29, 1.82) is 0 Å². The number of benzene rings is 2. The molecule has 4 aromatic rings. The van der Waals surface area contributed by atoms with Crippen LogP contribution in [-0.4, -0.2) is 32.2 Å². The van der Waals surface area contributed by atoms with Crippen molar-refractivity contribution < 1.29 is 22.7 Å². The zero-order valence-corrected chi connectivity index (χ0v) is 16.5. The zero-order chi connectivity index (χ0) is 21.5. The van der Waals surface area contributed by atoms with Gasteiger partial charge in [0, 0.05) is 6.07 Å². The minimum absolute atomic E-state index is 0.124. The number of hydrogen-bond acceptors (Lipinski definition) is 6. The molecule has 0 aliphatic heterocycles. The van der Waals surface area contributed by atoms with Gasteiger partial charge < -0.3 is 4.74 Å².